The molecule has 1 fully saturated rings. The molecule has 0 aliphatic heterocycles. The predicted octanol–water partition coefficient (Wildman–Crippen LogP) is 1.73. The average Bonchev–Trinajstić information content (AvgIpc) is 3.17. The molecule has 2 heterocycles. The number of aryl methyl sites for hydroxylation is 2. The fourth-order valence-corrected chi connectivity index (χ4v) is 2.91. The molecule has 1 aliphatic carbocycles. The molecule has 2 aromatic rings. The Morgan fingerprint density at radius 3 is 2.96 bits per heavy atom. The molecule has 1 N–H and O–H groups in total. The third kappa shape index (κ3) is 3.38. The molecular weight excluding hydrogens is 306 g/mol. The highest BCUT2D eigenvalue weighted by Gasteiger charge is 2.31. The van der Waals surface area contributed by atoms with E-state index in [2.05, 4.69) is 15.4 Å². The molecule has 0 unspecified atom stereocenters. The zero-order valence-electron chi connectivity index (χ0n) is 13.7. The Balaban J connectivity index is 1.66. The Hall–Kier alpha value is -2.88. The van der Waals surface area contributed by atoms with Crippen LogP contribution in [0.1, 0.15) is 40.9 Å². The molecule has 1 saturated carbocycles. The van der Waals surface area contributed by atoms with E-state index in [1.54, 1.807) is 23.9 Å². The first-order valence-corrected chi connectivity index (χ1v) is 7.89. The van der Waals surface area contributed by atoms with Crippen molar-refractivity contribution in [2.75, 3.05) is 0 Å². The quantitative estimate of drug-likeness (QED) is 0.924. The lowest BCUT2D eigenvalue weighted by Gasteiger charge is -2.21. The summed E-state index contributed by atoms with van der Waals surface area (Å²) in [6, 6.07) is 3.63. The molecule has 2 atom stereocenters. The zero-order chi connectivity index (χ0) is 17.1. The normalized spacial score (nSPS) is 19.7. The highest BCUT2D eigenvalue weighted by atomic mass is 16.5. The largest absolute Gasteiger partial charge is 0.485 e. The lowest BCUT2D eigenvalue weighted by atomic mass is 10.1. The topological polar surface area (TPSA) is 92.8 Å². The molecule has 7 heteroatoms. The molecule has 0 bridgehead atoms. The van der Waals surface area contributed by atoms with Gasteiger partial charge in [-0.25, -0.2) is 4.98 Å². The van der Waals surface area contributed by atoms with Gasteiger partial charge in [-0.05, 0) is 37.8 Å². The fraction of sp³-hybridized carbons (Fsp3) is 0.412. The lowest BCUT2D eigenvalue weighted by Crippen LogP contribution is -2.42. The summed E-state index contributed by atoms with van der Waals surface area (Å²) >= 11 is 0. The van der Waals surface area contributed by atoms with Gasteiger partial charge in [0.05, 0.1) is 24.0 Å². The first-order chi connectivity index (χ1) is 11.6. The van der Waals surface area contributed by atoms with E-state index in [0.717, 1.165) is 24.8 Å². The summed E-state index contributed by atoms with van der Waals surface area (Å²) in [6.07, 6.45) is 7.59. The number of aromatic nitrogens is 3. The van der Waals surface area contributed by atoms with Crippen LogP contribution in [0.3, 0.4) is 0 Å². The van der Waals surface area contributed by atoms with E-state index < -0.39 is 0 Å². The summed E-state index contributed by atoms with van der Waals surface area (Å²) in [6.45, 7) is 1.79. The molecule has 1 aliphatic rings. The van der Waals surface area contributed by atoms with Gasteiger partial charge in [-0.15, -0.1) is 0 Å². The maximum absolute atomic E-state index is 12.4. The number of hydrogen-bond donors (Lipinski definition) is 1. The van der Waals surface area contributed by atoms with Crippen molar-refractivity contribution in [1.82, 2.24) is 20.1 Å². The van der Waals surface area contributed by atoms with Gasteiger partial charge >= 0.3 is 0 Å². The van der Waals surface area contributed by atoms with Crippen LogP contribution in [0.4, 0.5) is 0 Å². The summed E-state index contributed by atoms with van der Waals surface area (Å²) < 4.78 is 7.63. The summed E-state index contributed by atoms with van der Waals surface area (Å²) in [5, 5.41) is 16.0. The third-order valence-electron chi connectivity index (χ3n) is 4.20. The van der Waals surface area contributed by atoms with Crippen LogP contribution in [-0.2, 0) is 7.05 Å². The Kier molecular flexibility index (Phi) is 4.47. The van der Waals surface area contributed by atoms with E-state index in [0.29, 0.717) is 17.0 Å². The van der Waals surface area contributed by atoms with Gasteiger partial charge in [0.2, 0.25) is 0 Å². The number of nitrogens with one attached hydrogen (secondary N) is 1. The lowest BCUT2D eigenvalue weighted by molar-refractivity contribution is 0.0889. The number of nitriles is 1. The maximum atomic E-state index is 12.4. The first kappa shape index (κ1) is 16.0. The van der Waals surface area contributed by atoms with Crippen LogP contribution in [0.5, 0.6) is 5.75 Å². The van der Waals surface area contributed by atoms with Crippen molar-refractivity contribution in [1.29, 1.82) is 5.26 Å². The number of hydrogen-bond acceptors (Lipinski definition) is 5. The van der Waals surface area contributed by atoms with E-state index in [1.807, 2.05) is 19.3 Å². The first-order valence-electron chi connectivity index (χ1n) is 7.89. The molecule has 7 nitrogen and oxygen atoms in total. The molecule has 0 radical (unpaired) electrons. The van der Waals surface area contributed by atoms with E-state index in [1.165, 1.54) is 6.20 Å². The van der Waals surface area contributed by atoms with Crippen LogP contribution < -0.4 is 10.1 Å². The minimum absolute atomic E-state index is 0.0598. The molecule has 24 heavy (non-hydrogen) atoms. The molecule has 0 aromatic carbocycles. The number of rotatable bonds is 4. The molecule has 0 saturated heterocycles. The van der Waals surface area contributed by atoms with Crippen molar-refractivity contribution in [2.24, 2.45) is 7.05 Å². The second-order valence-electron chi connectivity index (χ2n) is 6.01. The maximum Gasteiger partial charge on any atom is 0.270 e. The SMILES string of the molecule is Cc1cc(C(=O)N[C@H]2CCC[C@H]2Oc2cnn(C)c2)ncc1C#N. The van der Waals surface area contributed by atoms with Crippen molar-refractivity contribution in [3.05, 3.63) is 41.5 Å². The van der Waals surface area contributed by atoms with Crippen molar-refractivity contribution in [3.8, 4) is 11.8 Å². The number of pyridine rings is 1. The minimum Gasteiger partial charge on any atom is -0.485 e. The second-order valence-corrected chi connectivity index (χ2v) is 6.01. The highest BCUT2D eigenvalue weighted by Crippen LogP contribution is 2.24. The van der Waals surface area contributed by atoms with E-state index >= 15 is 0 Å². The Labute approximate surface area is 140 Å². The summed E-state index contributed by atoms with van der Waals surface area (Å²) in [5.74, 6) is 0.463. The van der Waals surface area contributed by atoms with Gasteiger partial charge in [-0.1, -0.05) is 0 Å². The summed E-state index contributed by atoms with van der Waals surface area (Å²) in [5.41, 5.74) is 1.54. The van der Waals surface area contributed by atoms with E-state index in [-0.39, 0.29) is 18.1 Å². The number of carbonyl (C=O) groups excluding carboxylic acids is 1. The highest BCUT2D eigenvalue weighted by molar-refractivity contribution is 5.92. The number of nitrogens with zero attached hydrogens (tertiary/aromatic N) is 4. The third-order valence-corrected chi connectivity index (χ3v) is 4.20. The average molecular weight is 325 g/mol. The van der Waals surface area contributed by atoms with Crippen LogP contribution in [0.25, 0.3) is 0 Å². The summed E-state index contributed by atoms with van der Waals surface area (Å²) in [4.78, 5) is 16.5. The number of amides is 1. The molecule has 1 amide bonds. The predicted molar refractivity (Wildman–Crippen MR) is 86.4 cm³/mol. The van der Waals surface area contributed by atoms with Gasteiger partial charge in [0.25, 0.3) is 5.91 Å². The molecule has 0 spiro atoms. The Bertz CT molecular complexity index is 793. The van der Waals surface area contributed by atoms with E-state index in [9.17, 15) is 4.79 Å². The second kappa shape index (κ2) is 6.71. The van der Waals surface area contributed by atoms with Crippen molar-refractivity contribution < 1.29 is 9.53 Å². The Morgan fingerprint density at radius 1 is 1.46 bits per heavy atom. The molecule has 3 rings (SSSR count). The minimum atomic E-state index is -0.241. The molecule has 124 valence electrons. The van der Waals surface area contributed by atoms with Crippen molar-refractivity contribution in [2.45, 2.75) is 38.3 Å². The van der Waals surface area contributed by atoms with Gasteiger partial charge in [-0.2, -0.15) is 10.4 Å². The van der Waals surface area contributed by atoms with E-state index in [4.69, 9.17) is 10.00 Å². The standard InChI is InChI=1S/C17H19N5O2/c1-11-6-15(19-8-12(11)7-18)17(23)21-14-4-3-5-16(14)24-13-9-20-22(2)10-13/h6,8-10,14,16H,3-5H2,1-2H3,(H,21,23)/t14-,16+/m0/s1. The van der Waals surface area contributed by atoms with Crippen LogP contribution in [0, 0.1) is 18.3 Å². The van der Waals surface area contributed by atoms with Crippen LogP contribution in [-0.4, -0.2) is 32.8 Å². The Morgan fingerprint density at radius 2 is 2.29 bits per heavy atom. The van der Waals surface area contributed by atoms with Gasteiger partial charge < -0.3 is 10.1 Å². The fourth-order valence-electron chi connectivity index (χ4n) is 2.91. The van der Waals surface area contributed by atoms with Crippen LogP contribution in [0.15, 0.2) is 24.7 Å². The van der Waals surface area contributed by atoms with Gasteiger partial charge in [-0.3, -0.25) is 9.48 Å². The van der Waals surface area contributed by atoms with Gasteiger partial charge in [0.1, 0.15) is 17.9 Å². The monoisotopic (exact) mass is 325 g/mol. The zero-order valence-corrected chi connectivity index (χ0v) is 13.7. The molecular formula is C17H19N5O2. The summed E-state index contributed by atoms with van der Waals surface area (Å²) in [7, 11) is 1.83. The van der Waals surface area contributed by atoms with Crippen molar-refractivity contribution in [3.63, 3.8) is 0 Å². The van der Waals surface area contributed by atoms with Crippen LogP contribution >= 0.6 is 0 Å². The van der Waals surface area contributed by atoms with Crippen molar-refractivity contribution >= 4 is 5.91 Å². The van der Waals surface area contributed by atoms with Gasteiger partial charge in [0, 0.05) is 13.2 Å². The molecule has 2 aromatic heterocycles. The number of carbonyl (C=O) groups is 1. The smallest absolute Gasteiger partial charge is 0.270 e. The number of ether oxygens (including phenoxy) is 1. The van der Waals surface area contributed by atoms with Gasteiger partial charge in [0.15, 0.2) is 5.75 Å². The van der Waals surface area contributed by atoms with Crippen LogP contribution in [0.2, 0.25) is 0 Å².